The number of aryl methyl sites for hydroxylation is 1. The van der Waals surface area contributed by atoms with Crippen LogP contribution in [0.1, 0.15) is 34.8 Å². The summed E-state index contributed by atoms with van der Waals surface area (Å²) in [5.74, 6) is -0.138. The van der Waals surface area contributed by atoms with Crippen molar-refractivity contribution in [3.8, 4) is 0 Å². The lowest BCUT2D eigenvalue weighted by Crippen LogP contribution is -2.27. The van der Waals surface area contributed by atoms with Crippen LogP contribution >= 0.6 is 0 Å². The van der Waals surface area contributed by atoms with Gasteiger partial charge in [0.05, 0.1) is 5.56 Å². The zero-order valence-electron chi connectivity index (χ0n) is 10.2. The molecule has 3 heteroatoms. The van der Waals surface area contributed by atoms with Crippen molar-refractivity contribution in [2.24, 2.45) is 5.92 Å². The standard InChI is InChI=1S/C14H19NO2/c1-2-15-9-10-3-4-12-8-13(14(16)17)6-5-11(12)7-10/h5-6,8,10,15H,2-4,7,9H2,1H3,(H,16,17). The largest absolute Gasteiger partial charge is 0.478 e. The normalized spacial score (nSPS) is 18.8. The number of nitrogens with one attached hydrogen (secondary N) is 1. The lowest BCUT2D eigenvalue weighted by molar-refractivity contribution is 0.0696. The van der Waals surface area contributed by atoms with Crippen molar-refractivity contribution < 1.29 is 9.90 Å². The number of carbonyl (C=O) groups is 1. The van der Waals surface area contributed by atoms with Crippen LogP contribution in [-0.2, 0) is 12.8 Å². The zero-order chi connectivity index (χ0) is 12.3. The van der Waals surface area contributed by atoms with Gasteiger partial charge < -0.3 is 10.4 Å². The lowest BCUT2D eigenvalue weighted by Gasteiger charge is -2.25. The van der Waals surface area contributed by atoms with Crippen LogP contribution in [0.2, 0.25) is 0 Å². The van der Waals surface area contributed by atoms with Crippen molar-refractivity contribution in [1.82, 2.24) is 5.32 Å². The molecule has 2 rings (SSSR count). The Kier molecular flexibility index (Phi) is 3.79. The quantitative estimate of drug-likeness (QED) is 0.837. The summed E-state index contributed by atoms with van der Waals surface area (Å²) >= 11 is 0. The number of fused-ring (bicyclic) bond motifs is 1. The van der Waals surface area contributed by atoms with Crippen LogP contribution in [-0.4, -0.2) is 24.2 Å². The molecule has 17 heavy (non-hydrogen) atoms. The van der Waals surface area contributed by atoms with Gasteiger partial charge in [-0.25, -0.2) is 4.79 Å². The molecule has 0 amide bonds. The summed E-state index contributed by atoms with van der Waals surface area (Å²) in [6, 6.07) is 5.54. The number of aromatic carboxylic acids is 1. The lowest BCUT2D eigenvalue weighted by atomic mass is 9.83. The predicted octanol–water partition coefficient (Wildman–Crippen LogP) is 2.10. The first kappa shape index (κ1) is 12.1. The van der Waals surface area contributed by atoms with E-state index in [9.17, 15) is 4.79 Å². The van der Waals surface area contributed by atoms with Gasteiger partial charge in [-0.15, -0.1) is 0 Å². The fourth-order valence-corrected chi connectivity index (χ4v) is 2.49. The first-order valence-electron chi connectivity index (χ1n) is 6.26. The maximum absolute atomic E-state index is 10.9. The maximum Gasteiger partial charge on any atom is 0.335 e. The number of rotatable bonds is 4. The van der Waals surface area contributed by atoms with Gasteiger partial charge in [-0.1, -0.05) is 13.0 Å². The van der Waals surface area contributed by atoms with Crippen LogP contribution in [0.3, 0.4) is 0 Å². The molecule has 0 aliphatic heterocycles. The van der Waals surface area contributed by atoms with Crippen LogP contribution in [0.4, 0.5) is 0 Å². The van der Waals surface area contributed by atoms with Gasteiger partial charge in [0.2, 0.25) is 0 Å². The van der Waals surface area contributed by atoms with E-state index in [-0.39, 0.29) is 0 Å². The van der Waals surface area contributed by atoms with E-state index in [0.29, 0.717) is 11.5 Å². The molecule has 0 fully saturated rings. The van der Waals surface area contributed by atoms with E-state index in [1.807, 2.05) is 12.1 Å². The SMILES string of the molecule is CCNCC1CCc2cc(C(=O)O)ccc2C1. The molecular weight excluding hydrogens is 214 g/mol. The minimum Gasteiger partial charge on any atom is -0.478 e. The second-order valence-corrected chi connectivity index (χ2v) is 4.71. The predicted molar refractivity (Wildman–Crippen MR) is 67.5 cm³/mol. The maximum atomic E-state index is 10.9. The average Bonchev–Trinajstić information content (AvgIpc) is 2.35. The second kappa shape index (κ2) is 5.32. The molecule has 0 aromatic heterocycles. The summed E-state index contributed by atoms with van der Waals surface area (Å²) < 4.78 is 0. The van der Waals surface area contributed by atoms with Gasteiger partial charge in [0.15, 0.2) is 0 Å². The first-order chi connectivity index (χ1) is 8.20. The highest BCUT2D eigenvalue weighted by Crippen LogP contribution is 2.26. The third-order valence-electron chi connectivity index (χ3n) is 3.47. The van der Waals surface area contributed by atoms with E-state index in [4.69, 9.17) is 5.11 Å². The van der Waals surface area contributed by atoms with E-state index in [1.54, 1.807) is 6.07 Å². The Hall–Kier alpha value is -1.35. The molecule has 0 saturated carbocycles. The second-order valence-electron chi connectivity index (χ2n) is 4.71. The summed E-state index contributed by atoms with van der Waals surface area (Å²) in [6.45, 7) is 4.20. The highest BCUT2D eigenvalue weighted by atomic mass is 16.4. The molecule has 1 aliphatic rings. The van der Waals surface area contributed by atoms with Gasteiger partial charge in [-0.05, 0) is 61.5 Å². The fraction of sp³-hybridized carbons (Fsp3) is 0.500. The summed E-state index contributed by atoms with van der Waals surface area (Å²) in [7, 11) is 0. The summed E-state index contributed by atoms with van der Waals surface area (Å²) in [5, 5.41) is 12.3. The summed E-state index contributed by atoms with van der Waals surface area (Å²) in [4.78, 5) is 10.9. The highest BCUT2D eigenvalue weighted by Gasteiger charge is 2.19. The van der Waals surface area contributed by atoms with Crippen LogP contribution in [0.5, 0.6) is 0 Å². The third-order valence-corrected chi connectivity index (χ3v) is 3.47. The van der Waals surface area contributed by atoms with E-state index >= 15 is 0 Å². The molecule has 1 unspecified atom stereocenters. The Labute approximate surface area is 102 Å². The van der Waals surface area contributed by atoms with Crippen molar-refractivity contribution >= 4 is 5.97 Å². The molecule has 2 N–H and O–H groups in total. The van der Waals surface area contributed by atoms with E-state index < -0.39 is 5.97 Å². The Balaban J connectivity index is 2.09. The molecule has 1 aliphatic carbocycles. The number of hydrogen-bond acceptors (Lipinski definition) is 2. The van der Waals surface area contributed by atoms with E-state index in [0.717, 1.165) is 32.4 Å². The van der Waals surface area contributed by atoms with Gasteiger partial charge in [0.1, 0.15) is 0 Å². The summed E-state index contributed by atoms with van der Waals surface area (Å²) in [5.41, 5.74) is 2.95. The molecule has 92 valence electrons. The number of hydrogen-bond donors (Lipinski definition) is 2. The zero-order valence-corrected chi connectivity index (χ0v) is 10.2. The topological polar surface area (TPSA) is 49.3 Å². The Morgan fingerprint density at radius 3 is 3.00 bits per heavy atom. The molecule has 1 aromatic rings. The molecule has 0 heterocycles. The average molecular weight is 233 g/mol. The molecular formula is C14H19NO2. The monoisotopic (exact) mass is 233 g/mol. The minimum atomic E-state index is -0.831. The highest BCUT2D eigenvalue weighted by molar-refractivity contribution is 5.87. The number of carboxylic acid groups (broad SMARTS) is 1. The smallest absolute Gasteiger partial charge is 0.335 e. The van der Waals surface area contributed by atoms with Gasteiger partial charge in [0, 0.05) is 0 Å². The molecule has 0 radical (unpaired) electrons. The van der Waals surface area contributed by atoms with Crippen molar-refractivity contribution in [3.63, 3.8) is 0 Å². The Morgan fingerprint density at radius 1 is 1.47 bits per heavy atom. The molecule has 0 saturated heterocycles. The van der Waals surface area contributed by atoms with Crippen molar-refractivity contribution in [2.45, 2.75) is 26.2 Å². The van der Waals surface area contributed by atoms with Gasteiger partial charge in [-0.2, -0.15) is 0 Å². The van der Waals surface area contributed by atoms with Crippen molar-refractivity contribution in [3.05, 3.63) is 34.9 Å². The van der Waals surface area contributed by atoms with Crippen LogP contribution in [0.25, 0.3) is 0 Å². The van der Waals surface area contributed by atoms with Crippen molar-refractivity contribution in [1.29, 1.82) is 0 Å². The number of carboxylic acids is 1. The fourth-order valence-electron chi connectivity index (χ4n) is 2.49. The molecule has 0 spiro atoms. The molecule has 1 aromatic carbocycles. The van der Waals surface area contributed by atoms with Crippen LogP contribution < -0.4 is 5.32 Å². The summed E-state index contributed by atoms with van der Waals surface area (Å²) in [6.07, 6.45) is 3.23. The van der Waals surface area contributed by atoms with Gasteiger partial charge >= 0.3 is 5.97 Å². The van der Waals surface area contributed by atoms with Gasteiger partial charge in [0.25, 0.3) is 0 Å². The first-order valence-corrected chi connectivity index (χ1v) is 6.26. The molecule has 3 nitrogen and oxygen atoms in total. The Bertz CT molecular complexity index is 415. The third kappa shape index (κ3) is 2.86. The van der Waals surface area contributed by atoms with Gasteiger partial charge in [-0.3, -0.25) is 0 Å². The number of benzene rings is 1. The van der Waals surface area contributed by atoms with Crippen LogP contribution in [0, 0.1) is 5.92 Å². The minimum absolute atomic E-state index is 0.411. The van der Waals surface area contributed by atoms with Crippen molar-refractivity contribution in [2.75, 3.05) is 13.1 Å². The van der Waals surface area contributed by atoms with E-state index in [1.165, 1.54) is 11.1 Å². The van der Waals surface area contributed by atoms with Crippen LogP contribution in [0.15, 0.2) is 18.2 Å². The molecule has 1 atom stereocenters. The molecule has 0 bridgehead atoms. The Morgan fingerprint density at radius 2 is 2.29 bits per heavy atom. The van der Waals surface area contributed by atoms with E-state index in [2.05, 4.69) is 12.2 Å².